The number of guanidine groups is 1. The summed E-state index contributed by atoms with van der Waals surface area (Å²) in [6.07, 6.45) is 3.52. The largest absolute Gasteiger partial charge is 0.378 e. The smallest absolute Gasteiger partial charge is 0.191 e. The molecule has 2 aromatic rings. The third-order valence-corrected chi connectivity index (χ3v) is 4.97. The second kappa shape index (κ2) is 10.8. The molecule has 29 heavy (non-hydrogen) atoms. The number of hydrogen-bond donors (Lipinski definition) is 2. The number of pyridine rings is 1. The summed E-state index contributed by atoms with van der Waals surface area (Å²) in [5.74, 6) is 2.71. The summed E-state index contributed by atoms with van der Waals surface area (Å²) >= 11 is 0. The van der Waals surface area contributed by atoms with Gasteiger partial charge in [0.05, 0.1) is 25.5 Å². The predicted octanol–water partition coefficient (Wildman–Crippen LogP) is 2.29. The van der Waals surface area contributed by atoms with E-state index in [0.717, 1.165) is 80.0 Å². The summed E-state index contributed by atoms with van der Waals surface area (Å²) < 4.78 is 10.9. The van der Waals surface area contributed by atoms with E-state index in [-0.39, 0.29) is 0 Å². The fraction of sp³-hybridized carbons (Fsp3) is 0.571. The van der Waals surface area contributed by atoms with Crippen LogP contribution in [-0.2, 0) is 30.7 Å². The average Bonchev–Trinajstić information content (AvgIpc) is 3.18. The molecule has 8 nitrogen and oxygen atoms in total. The summed E-state index contributed by atoms with van der Waals surface area (Å²) in [6, 6.07) is 4.06. The minimum Gasteiger partial charge on any atom is -0.378 e. The maximum Gasteiger partial charge on any atom is 0.191 e. The van der Waals surface area contributed by atoms with Crippen LogP contribution in [0.5, 0.6) is 0 Å². The van der Waals surface area contributed by atoms with Crippen molar-refractivity contribution in [2.24, 2.45) is 4.99 Å². The molecule has 1 aliphatic heterocycles. The minimum absolute atomic E-state index is 0.556. The Morgan fingerprint density at radius 1 is 1.17 bits per heavy atom. The number of nitrogens with zero attached hydrogens (tertiary/aromatic N) is 4. The monoisotopic (exact) mass is 400 g/mol. The Morgan fingerprint density at radius 2 is 2.00 bits per heavy atom. The maximum absolute atomic E-state index is 5.47. The highest BCUT2D eigenvalue weighted by Gasteiger charge is 2.16. The van der Waals surface area contributed by atoms with E-state index in [4.69, 9.17) is 14.3 Å². The van der Waals surface area contributed by atoms with Crippen molar-refractivity contribution in [3.8, 4) is 0 Å². The Bertz CT molecular complexity index is 777. The van der Waals surface area contributed by atoms with Gasteiger partial charge in [0.1, 0.15) is 11.6 Å². The summed E-state index contributed by atoms with van der Waals surface area (Å²) in [5, 5.41) is 10.9. The van der Waals surface area contributed by atoms with E-state index in [1.54, 1.807) is 0 Å². The lowest BCUT2D eigenvalue weighted by Crippen LogP contribution is -2.38. The SMILES string of the molecule is CCNC(=NCc1cccnc1N1CCOCC1)NCc1c(CC)noc1CC. The second-order valence-electron chi connectivity index (χ2n) is 6.87. The summed E-state index contributed by atoms with van der Waals surface area (Å²) in [4.78, 5) is 11.7. The van der Waals surface area contributed by atoms with Crippen molar-refractivity contribution in [2.45, 2.75) is 46.7 Å². The summed E-state index contributed by atoms with van der Waals surface area (Å²) in [5.41, 5.74) is 3.25. The van der Waals surface area contributed by atoms with Gasteiger partial charge in [0, 0.05) is 49.9 Å². The number of rotatable bonds is 8. The molecule has 0 saturated carbocycles. The first kappa shape index (κ1) is 21.1. The third-order valence-electron chi connectivity index (χ3n) is 4.97. The number of morpholine rings is 1. The van der Waals surface area contributed by atoms with E-state index in [1.807, 2.05) is 12.3 Å². The zero-order chi connectivity index (χ0) is 20.5. The van der Waals surface area contributed by atoms with Gasteiger partial charge < -0.3 is 24.8 Å². The Morgan fingerprint density at radius 3 is 2.72 bits per heavy atom. The number of hydrogen-bond acceptors (Lipinski definition) is 6. The molecule has 3 heterocycles. The molecule has 0 unspecified atom stereocenters. The molecule has 1 aliphatic rings. The molecule has 0 amide bonds. The van der Waals surface area contributed by atoms with Crippen molar-refractivity contribution in [3.05, 3.63) is 40.9 Å². The van der Waals surface area contributed by atoms with Crippen LogP contribution in [0, 0.1) is 0 Å². The molecule has 0 spiro atoms. The molecular weight excluding hydrogens is 368 g/mol. The van der Waals surface area contributed by atoms with E-state index in [0.29, 0.717) is 13.1 Å². The van der Waals surface area contributed by atoms with Crippen LogP contribution in [-0.4, -0.2) is 48.9 Å². The predicted molar refractivity (Wildman–Crippen MR) is 114 cm³/mol. The van der Waals surface area contributed by atoms with E-state index < -0.39 is 0 Å². The molecule has 158 valence electrons. The number of aromatic nitrogens is 2. The van der Waals surface area contributed by atoms with Gasteiger partial charge in [-0.15, -0.1) is 0 Å². The van der Waals surface area contributed by atoms with Gasteiger partial charge in [-0.05, 0) is 19.4 Å². The topological polar surface area (TPSA) is 87.8 Å². The first-order valence-electron chi connectivity index (χ1n) is 10.5. The second-order valence-corrected chi connectivity index (χ2v) is 6.87. The molecule has 1 fully saturated rings. The van der Waals surface area contributed by atoms with Gasteiger partial charge in [0.15, 0.2) is 5.96 Å². The van der Waals surface area contributed by atoms with Crippen LogP contribution in [0.3, 0.4) is 0 Å². The van der Waals surface area contributed by atoms with Crippen LogP contribution < -0.4 is 15.5 Å². The van der Waals surface area contributed by atoms with Crippen molar-refractivity contribution in [2.75, 3.05) is 37.7 Å². The lowest BCUT2D eigenvalue weighted by Gasteiger charge is -2.29. The molecule has 1 saturated heterocycles. The van der Waals surface area contributed by atoms with E-state index in [9.17, 15) is 0 Å². The quantitative estimate of drug-likeness (QED) is 0.519. The van der Waals surface area contributed by atoms with Crippen molar-refractivity contribution < 1.29 is 9.26 Å². The van der Waals surface area contributed by atoms with Gasteiger partial charge in [-0.2, -0.15) is 0 Å². The number of anilines is 1. The first-order valence-corrected chi connectivity index (χ1v) is 10.5. The molecule has 0 bridgehead atoms. The lowest BCUT2D eigenvalue weighted by molar-refractivity contribution is 0.122. The zero-order valence-electron chi connectivity index (χ0n) is 17.7. The highest BCUT2D eigenvalue weighted by molar-refractivity contribution is 5.79. The van der Waals surface area contributed by atoms with Crippen molar-refractivity contribution in [1.29, 1.82) is 0 Å². The Kier molecular flexibility index (Phi) is 7.86. The van der Waals surface area contributed by atoms with Crippen LogP contribution in [0.2, 0.25) is 0 Å². The molecule has 0 atom stereocenters. The van der Waals surface area contributed by atoms with Crippen LogP contribution in [0.25, 0.3) is 0 Å². The van der Waals surface area contributed by atoms with Crippen LogP contribution >= 0.6 is 0 Å². The Balaban J connectivity index is 1.71. The lowest BCUT2D eigenvalue weighted by atomic mass is 10.1. The minimum atomic E-state index is 0.556. The number of aryl methyl sites for hydroxylation is 2. The van der Waals surface area contributed by atoms with Crippen LogP contribution in [0.1, 0.15) is 43.4 Å². The first-order chi connectivity index (χ1) is 14.3. The van der Waals surface area contributed by atoms with E-state index in [2.05, 4.69) is 52.5 Å². The normalized spacial score (nSPS) is 14.9. The van der Waals surface area contributed by atoms with Crippen molar-refractivity contribution in [3.63, 3.8) is 0 Å². The third kappa shape index (κ3) is 5.47. The summed E-state index contributed by atoms with van der Waals surface area (Å²) in [6.45, 7) is 11.4. The van der Waals surface area contributed by atoms with E-state index in [1.165, 1.54) is 0 Å². The van der Waals surface area contributed by atoms with Gasteiger partial charge >= 0.3 is 0 Å². The molecule has 0 aromatic carbocycles. The van der Waals surface area contributed by atoms with Gasteiger partial charge in [-0.25, -0.2) is 9.98 Å². The van der Waals surface area contributed by atoms with Crippen molar-refractivity contribution in [1.82, 2.24) is 20.8 Å². The highest BCUT2D eigenvalue weighted by Crippen LogP contribution is 2.19. The molecule has 2 N–H and O–H groups in total. The van der Waals surface area contributed by atoms with Gasteiger partial charge in [-0.3, -0.25) is 0 Å². The fourth-order valence-electron chi connectivity index (χ4n) is 3.43. The zero-order valence-corrected chi connectivity index (χ0v) is 17.7. The molecule has 3 rings (SSSR count). The van der Waals surface area contributed by atoms with Gasteiger partial charge in [0.25, 0.3) is 0 Å². The standard InChI is InChI=1S/C21H32N6O2/c1-4-18-17(19(5-2)29-26-18)15-25-21(22-6-3)24-14-16-8-7-9-23-20(16)27-10-12-28-13-11-27/h7-9H,4-6,10-15H2,1-3H3,(H2,22,24,25). The van der Waals surface area contributed by atoms with Crippen LogP contribution in [0.15, 0.2) is 27.8 Å². The van der Waals surface area contributed by atoms with Gasteiger partial charge in [-0.1, -0.05) is 25.1 Å². The molecule has 0 aliphatic carbocycles. The van der Waals surface area contributed by atoms with Crippen LogP contribution in [0.4, 0.5) is 5.82 Å². The van der Waals surface area contributed by atoms with Gasteiger partial charge in [0.2, 0.25) is 0 Å². The number of aliphatic imine (C=N–C) groups is 1. The molecule has 0 radical (unpaired) electrons. The molecule has 2 aromatic heterocycles. The Hall–Kier alpha value is -2.61. The maximum atomic E-state index is 5.47. The number of ether oxygens (including phenoxy) is 1. The summed E-state index contributed by atoms with van der Waals surface area (Å²) in [7, 11) is 0. The highest BCUT2D eigenvalue weighted by atomic mass is 16.5. The Labute approximate surface area is 172 Å². The van der Waals surface area contributed by atoms with E-state index >= 15 is 0 Å². The average molecular weight is 401 g/mol. The molecule has 8 heteroatoms. The number of nitrogens with one attached hydrogen (secondary N) is 2. The molecular formula is C21H32N6O2. The fourth-order valence-corrected chi connectivity index (χ4v) is 3.43. The van der Waals surface area contributed by atoms with Crippen molar-refractivity contribution >= 4 is 11.8 Å².